The molecule has 3 rings (SSSR count). The zero-order valence-electron chi connectivity index (χ0n) is 16.9. The summed E-state index contributed by atoms with van der Waals surface area (Å²) < 4.78 is 5.63. The largest absolute Gasteiger partial charge is 0.492 e. The van der Waals surface area contributed by atoms with E-state index in [1.54, 1.807) is 30.4 Å². The van der Waals surface area contributed by atoms with Crippen molar-refractivity contribution in [3.05, 3.63) is 71.8 Å². The second kappa shape index (κ2) is 9.64. The van der Waals surface area contributed by atoms with E-state index in [2.05, 4.69) is 20.3 Å². The number of para-hydroxylation sites is 2. The molecule has 0 aliphatic carbocycles. The van der Waals surface area contributed by atoms with Crippen LogP contribution >= 0.6 is 0 Å². The van der Waals surface area contributed by atoms with Gasteiger partial charge in [-0.05, 0) is 56.2 Å². The highest BCUT2D eigenvalue weighted by atomic mass is 16.5. The third-order valence-corrected chi connectivity index (χ3v) is 4.34. The van der Waals surface area contributed by atoms with E-state index >= 15 is 0 Å². The van der Waals surface area contributed by atoms with Crippen molar-refractivity contribution < 1.29 is 9.53 Å². The molecule has 0 unspecified atom stereocenters. The molecule has 0 atom stereocenters. The number of anilines is 2. The molecule has 2 heterocycles. The lowest BCUT2D eigenvalue weighted by Crippen LogP contribution is -2.30. The van der Waals surface area contributed by atoms with Crippen molar-refractivity contribution in [2.45, 2.75) is 20.3 Å². The van der Waals surface area contributed by atoms with Gasteiger partial charge in [0.1, 0.15) is 11.4 Å². The van der Waals surface area contributed by atoms with E-state index in [4.69, 9.17) is 4.74 Å². The molecule has 0 saturated carbocycles. The number of hydrogen-bond acceptors (Lipinski definition) is 6. The predicted octanol–water partition coefficient (Wildman–Crippen LogP) is 3.64. The summed E-state index contributed by atoms with van der Waals surface area (Å²) in [4.78, 5) is 27.4. The fourth-order valence-corrected chi connectivity index (χ4v) is 2.85. The first-order valence-electron chi connectivity index (χ1n) is 9.55. The molecular weight excluding hydrogens is 366 g/mol. The van der Waals surface area contributed by atoms with Crippen LogP contribution in [0.2, 0.25) is 0 Å². The van der Waals surface area contributed by atoms with Crippen LogP contribution in [0, 0.1) is 6.92 Å². The summed E-state index contributed by atoms with van der Waals surface area (Å²) in [6, 6.07) is 13.2. The number of nitrogens with zero attached hydrogens (tertiary/aromatic N) is 4. The van der Waals surface area contributed by atoms with Crippen LogP contribution in [0.3, 0.4) is 0 Å². The van der Waals surface area contributed by atoms with Crippen molar-refractivity contribution in [3.63, 3.8) is 0 Å². The van der Waals surface area contributed by atoms with E-state index in [9.17, 15) is 4.79 Å². The van der Waals surface area contributed by atoms with Crippen molar-refractivity contribution in [2.24, 2.45) is 0 Å². The number of pyridine rings is 1. The van der Waals surface area contributed by atoms with Gasteiger partial charge in [-0.3, -0.25) is 9.78 Å². The number of ether oxygens (including phenoxy) is 1. The van der Waals surface area contributed by atoms with Crippen molar-refractivity contribution in [1.29, 1.82) is 0 Å². The molecule has 0 bridgehead atoms. The number of nitrogens with one attached hydrogen (secondary N) is 1. The van der Waals surface area contributed by atoms with Gasteiger partial charge < -0.3 is 15.0 Å². The number of likely N-dealkylation sites (N-methyl/N-ethyl adjacent to an activating group) is 1. The molecule has 7 nitrogen and oxygen atoms in total. The Labute approximate surface area is 170 Å². The van der Waals surface area contributed by atoms with Gasteiger partial charge in [0, 0.05) is 31.7 Å². The molecule has 29 heavy (non-hydrogen) atoms. The summed E-state index contributed by atoms with van der Waals surface area (Å²) in [5.74, 6) is 0.927. The molecule has 0 spiro atoms. The van der Waals surface area contributed by atoms with E-state index < -0.39 is 0 Å². The molecule has 1 aromatic carbocycles. The molecule has 0 aliphatic heterocycles. The van der Waals surface area contributed by atoms with E-state index in [0.29, 0.717) is 36.2 Å². The minimum absolute atomic E-state index is 0.148. The van der Waals surface area contributed by atoms with Gasteiger partial charge >= 0.3 is 0 Å². The Bertz CT molecular complexity index is 962. The van der Waals surface area contributed by atoms with Gasteiger partial charge in [0.2, 0.25) is 5.95 Å². The number of carbonyl (C=O) groups excluding carboxylic acids is 1. The number of rotatable bonds is 8. The Kier molecular flexibility index (Phi) is 6.73. The highest BCUT2D eigenvalue weighted by Crippen LogP contribution is 2.26. The lowest BCUT2D eigenvalue weighted by Gasteiger charge is -2.17. The fourth-order valence-electron chi connectivity index (χ4n) is 2.85. The molecule has 2 aromatic heterocycles. The summed E-state index contributed by atoms with van der Waals surface area (Å²) >= 11 is 0. The van der Waals surface area contributed by atoms with Crippen LogP contribution < -0.4 is 10.1 Å². The molecule has 150 valence electrons. The summed E-state index contributed by atoms with van der Waals surface area (Å²) in [7, 11) is 1.78. The number of aryl methyl sites for hydroxylation is 1. The molecule has 1 amide bonds. The molecule has 0 fully saturated rings. The Morgan fingerprint density at radius 2 is 1.90 bits per heavy atom. The standard InChI is InChI=1S/C22H25N5O2/c1-4-29-20-8-6-5-7-18(20)25-22-24-16(2)15-19(26-22)21(28)27(3)14-11-17-9-12-23-13-10-17/h5-10,12-13,15H,4,11,14H2,1-3H3,(H,24,25,26). The van der Waals surface area contributed by atoms with Crippen molar-refractivity contribution in [2.75, 3.05) is 25.5 Å². The normalized spacial score (nSPS) is 10.4. The minimum atomic E-state index is -0.148. The molecular formula is C22H25N5O2. The predicted molar refractivity (Wildman–Crippen MR) is 113 cm³/mol. The van der Waals surface area contributed by atoms with Gasteiger partial charge in [-0.15, -0.1) is 0 Å². The first-order chi connectivity index (χ1) is 14.1. The van der Waals surface area contributed by atoms with Crippen LogP contribution in [0.4, 0.5) is 11.6 Å². The van der Waals surface area contributed by atoms with E-state index in [0.717, 1.165) is 17.7 Å². The van der Waals surface area contributed by atoms with Crippen LogP contribution in [-0.4, -0.2) is 46.0 Å². The quantitative estimate of drug-likeness (QED) is 0.631. The Morgan fingerprint density at radius 1 is 1.14 bits per heavy atom. The van der Waals surface area contributed by atoms with Gasteiger partial charge in [-0.25, -0.2) is 9.97 Å². The molecule has 0 saturated heterocycles. The van der Waals surface area contributed by atoms with Gasteiger partial charge in [-0.1, -0.05) is 12.1 Å². The average Bonchev–Trinajstić information content (AvgIpc) is 2.73. The average molecular weight is 391 g/mol. The van der Waals surface area contributed by atoms with Gasteiger partial charge in [0.05, 0.1) is 12.3 Å². The van der Waals surface area contributed by atoms with Gasteiger partial charge in [-0.2, -0.15) is 0 Å². The van der Waals surface area contributed by atoms with E-state index in [-0.39, 0.29) is 5.91 Å². The van der Waals surface area contributed by atoms with Crippen LogP contribution in [0.15, 0.2) is 54.9 Å². The Morgan fingerprint density at radius 3 is 2.66 bits per heavy atom. The maximum absolute atomic E-state index is 12.9. The first kappa shape index (κ1) is 20.3. The molecule has 7 heteroatoms. The molecule has 1 N–H and O–H groups in total. The highest BCUT2D eigenvalue weighted by Gasteiger charge is 2.16. The fraction of sp³-hybridized carbons (Fsp3) is 0.273. The summed E-state index contributed by atoms with van der Waals surface area (Å²) in [6.45, 7) is 4.91. The topological polar surface area (TPSA) is 80.2 Å². The monoisotopic (exact) mass is 391 g/mol. The third-order valence-electron chi connectivity index (χ3n) is 4.34. The summed E-state index contributed by atoms with van der Waals surface area (Å²) in [5, 5.41) is 3.17. The lowest BCUT2D eigenvalue weighted by atomic mass is 10.2. The van der Waals surface area contributed by atoms with Crippen LogP contribution in [0.5, 0.6) is 5.75 Å². The lowest BCUT2D eigenvalue weighted by molar-refractivity contribution is 0.0790. The number of aromatic nitrogens is 3. The maximum atomic E-state index is 12.9. The molecule has 0 radical (unpaired) electrons. The number of carbonyl (C=O) groups is 1. The SMILES string of the molecule is CCOc1ccccc1Nc1nc(C)cc(C(=O)N(C)CCc2ccncc2)n1. The van der Waals surface area contributed by atoms with Gasteiger partial charge in [0.25, 0.3) is 5.91 Å². The Balaban J connectivity index is 1.73. The number of benzene rings is 1. The number of amides is 1. The summed E-state index contributed by atoms with van der Waals surface area (Å²) in [6.07, 6.45) is 4.26. The van der Waals surface area contributed by atoms with Crippen molar-refractivity contribution in [3.8, 4) is 5.75 Å². The zero-order chi connectivity index (χ0) is 20.6. The first-order valence-corrected chi connectivity index (χ1v) is 9.55. The molecule has 3 aromatic rings. The highest BCUT2D eigenvalue weighted by molar-refractivity contribution is 5.92. The second-order valence-corrected chi connectivity index (χ2v) is 6.60. The smallest absolute Gasteiger partial charge is 0.272 e. The van der Waals surface area contributed by atoms with Crippen LogP contribution in [0.25, 0.3) is 0 Å². The third kappa shape index (κ3) is 5.51. The van der Waals surface area contributed by atoms with Crippen molar-refractivity contribution >= 4 is 17.5 Å². The van der Waals surface area contributed by atoms with Crippen LogP contribution in [0.1, 0.15) is 28.7 Å². The van der Waals surface area contributed by atoms with Crippen LogP contribution in [-0.2, 0) is 6.42 Å². The summed E-state index contributed by atoms with van der Waals surface area (Å²) in [5.41, 5.74) is 2.95. The maximum Gasteiger partial charge on any atom is 0.272 e. The number of hydrogen-bond donors (Lipinski definition) is 1. The second-order valence-electron chi connectivity index (χ2n) is 6.60. The Hall–Kier alpha value is -3.48. The zero-order valence-corrected chi connectivity index (χ0v) is 16.9. The molecule has 0 aliphatic rings. The van der Waals surface area contributed by atoms with E-state index in [1.165, 1.54) is 0 Å². The van der Waals surface area contributed by atoms with Gasteiger partial charge in [0.15, 0.2) is 0 Å². The minimum Gasteiger partial charge on any atom is -0.492 e. The van der Waals surface area contributed by atoms with E-state index in [1.807, 2.05) is 50.2 Å². The van der Waals surface area contributed by atoms with Crippen molar-refractivity contribution in [1.82, 2.24) is 19.9 Å².